The summed E-state index contributed by atoms with van der Waals surface area (Å²) in [6.07, 6.45) is 0. The van der Waals surface area contributed by atoms with E-state index in [1.54, 1.807) is 24.3 Å². The van der Waals surface area contributed by atoms with Gasteiger partial charge in [0.2, 0.25) is 0 Å². The molecule has 19 heavy (non-hydrogen) atoms. The minimum atomic E-state index is -0.509. The maximum Gasteiger partial charge on any atom is 0.273 e. The molecule has 0 aromatic heterocycles. The minimum absolute atomic E-state index is 0.163. The highest BCUT2D eigenvalue weighted by Gasteiger charge is 2.15. The fourth-order valence-electron chi connectivity index (χ4n) is 1.66. The zero-order valence-corrected chi connectivity index (χ0v) is 10.3. The van der Waals surface area contributed by atoms with Gasteiger partial charge in [-0.15, -0.1) is 0 Å². The molecule has 0 aliphatic carbocycles. The Morgan fingerprint density at radius 3 is 2.42 bits per heavy atom. The summed E-state index contributed by atoms with van der Waals surface area (Å²) >= 11 is 0. The number of ether oxygens (including phenoxy) is 1. The van der Waals surface area contributed by atoms with Crippen LogP contribution in [0.2, 0.25) is 0 Å². The molecule has 0 heterocycles. The molecule has 0 saturated carbocycles. The number of para-hydroxylation sites is 1. The van der Waals surface area contributed by atoms with Gasteiger partial charge in [-0.2, -0.15) is 0 Å². The van der Waals surface area contributed by atoms with Crippen molar-refractivity contribution in [2.45, 2.75) is 6.61 Å². The van der Waals surface area contributed by atoms with Crippen LogP contribution in [0.4, 0.5) is 0 Å². The first-order valence-electron chi connectivity index (χ1n) is 5.78. The summed E-state index contributed by atoms with van der Waals surface area (Å²) in [6.45, 7) is 3.82. The largest absolute Gasteiger partial charge is 0.488 e. The van der Waals surface area contributed by atoms with Gasteiger partial charge < -0.3 is 4.74 Å². The molecule has 0 spiro atoms. The topological polar surface area (TPSA) is 52.4 Å². The molecule has 0 aliphatic rings. The molecule has 0 radical (unpaired) electrons. The molecule has 4 nitrogen and oxygen atoms in total. The van der Waals surface area contributed by atoms with E-state index in [-0.39, 0.29) is 5.70 Å². The van der Waals surface area contributed by atoms with Crippen molar-refractivity contribution in [2.24, 2.45) is 0 Å². The zero-order valence-electron chi connectivity index (χ0n) is 10.3. The van der Waals surface area contributed by atoms with Crippen LogP contribution in [0.25, 0.3) is 5.70 Å². The Bertz CT molecular complexity index is 593. The van der Waals surface area contributed by atoms with Gasteiger partial charge in [-0.3, -0.25) is 10.1 Å². The molecule has 0 bridgehead atoms. The van der Waals surface area contributed by atoms with E-state index in [1.165, 1.54) is 0 Å². The van der Waals surface area contributed by atoms with Crippen molar-refractivity contribution in [2.75, 3.05) is 0 Å². The summed E-state index contributed by atoms with van der Waals surface area (Å²) in [5.41, 5.74) is 1.25. The first kappa shape index (κ1) is 12.8. The van der Waals surface area contributed by atoms with E-state index in [9.17, 15) is 10.1 Å². The van der Waals surface area contributed by atoms with E-state index in [2.05, 4.69) is 6.58 Å². The van der Waals surface area contributed by atoms with Crippen molar-refractivity contribution in [1.29, 1.82) is 0 Å². The molecule has 0 unspecified atom stereocenters. The number of benzene rings is 2. The number of rotatable bonds is 5. The quantitative estimate of drug-likeness (QED) is 0.606. The average Bonchev–Trinajstić information content (AvgIpc) is 2.45. The third-order valence-corrected chi connectivity index (χ3v) is 2.66. The van der Waals surface area contributed by atoms with Crippen molar-refractivity contribution in [1.82, 2.24) is 0 Å². The maximum absolute atomic E-state index is 10.8. The van der Waals surface area contributed by atoms with Crippen LogP contribution < -0.4 is 4.74 Å². The number of nitro groups is 1. The van der Waals surface area contributed by atoms with Crippen LogP contribution in [0.3, 0.4) is 0 Å². The van der Waals surface area contributed by atoms with Crippen molar-refractivity contribution < 1.29 is 9.66 Å². The Hall–Kier alpha value is -2.62. The molecule has 2 rings (SSSR count). The molecule has 0 fully saturated rings. The van der Waals surface area contributed by atoms with E-state index in [4.69, 9.17) is 4.74 Å². The van der Waals surface area contributed by atoms with Gasteiger partial charge in [0.15, 0.2) is 0 Å². The van der Waals surface area contributed by atoms with E-state index in [0.29, 0.717) is 17.9 Å². The van der Waals surface area contributed by atoms with Gasteiger partial charge >= 0.3 is 0 Å². The lowest BCUT2D eigenvalue weighted by Gasteiger charge is -2.09. The Labute approximate surface area is 111 Å². The highest BCUT2D eigenvalue weighted by Crippen LogP contribution is 2.25. The Morgan fingerprint density at radius 1 is 1.11 bits per heavy atom. The minimum Gasteiger partial charge on any atom is -0.488 e. The molecule has 2 aromatic carbocycles. The third-order valence-electron chi connectivity index (χ3n) is 2.66. The van der Waals surface area contributed by atoms with Gasteiger partial charge in [-0.1, -0.05) is 42.5 Å². The Kier molecular flexibility index (Phi) is 3.93. The molecule has 0 amide bonds. The highest BCUT2D eigenvalue weighted by atomic mass is 16.6. The van der Waals surface area contributed by atoms with Gasteiger partial charge in [0.1, 0.15) is 12.4 Å². The fourth-order valence-corrected chi connectivity index (χ4v) is 1.66. The lowest BCUT2D eigenvalue weighted by molar-refractivity contribution is -0.375. The lowest BCUT2D eigenvalue weighted by Crippen LogP contribution is -2.01. The van der Waals surface area contributed by atoms with Crippen molar-refractivity contribution in [3.63, 3.8) is 0 Å². The smallest absolute Gasteiger partial charge is 0.273 e. The maximum atomic E-state index is 10.8. The standard InChI is InChI=1S/C15H13NO3/c1-12(16(17)18)14-9-5-6-10-15(14)19-11-13-7-3-2-4-8-13/h2-10H,1,11H2. The second kappa shape index (κ2) is 5.82. The molecule has 96 valence electrons. The van der Waals surface area contributed by atoms with E-state index in [0.717, 1.165) is 5.56 Å². The summed E-state index contributed by atoms with van der Waals surface area (Å²) < 4.78 is 5.63. The SMILES string of the molecule is C=C(c1ccccc1OCc1ccccc1)[N+](=O)[O-]. The normalized spacial score (nSPS) is 9.89. The molecule has 2 aromatic rings. The Balaban J connectivity index is 2.17. The van der Waals surface area contributed by atoms with Gasteiger partial charge in [0.25, 0.3) is 5.70 Å². The predicted molar refractivity (Wildman–Crippen MR) is 73.2 cm³/mol. The highest BCUT2D eigenvalue weighted by molar-refractivity contribution is 5.62. The third kappa shape index (κ3) is 3.19. The van der Waals surface area contributed by atoms with Crippen molar-refractivity contribution in [3.8, 4) is 5.75 Å². The monoisotopic (exact) mass is 255 g/mol. The van der Waals surface area contributed by atoms with Gasteiger partial charge in [0, 0.05) is 0 Å². The lowest BCUT2D eigenvalue weighted by atomic mass is 10.1. The van der Waals surface area contributed by atoms with Crippen LogP contribution >= 0.6 is 0 Å². The predicted octanol–water partition coefficient (Wildman–Crippen LogP) is 3.51. The summed E-state index contributed by atoms with van der Waals surface area (Å²) in [4.78, 5) is 10.3. The summed E-state index contributed by atoms with van der Waals surface area (Å²) in [5, 5.41) is 10.8. The summed E-state index contributed by atoms with van der Waals surface area (Å²) in [6, 6.07) is 16.5. The Morgan fingerprint density at radius 2 is 1.74 bits per heavy atom. The summed E-state index contributed by atoms with van der Waals surface area (Å²) in [7, 11) is 0. The van der Waals surface area contributed by atoms with Crippen molar-refractivity contribution in [3.05, 3.63) is 82.4 Å². The number of hydrogen-bond donors (Lipinski definition) is 0. The zero-order chi connectivity index (χ0) is 13.7. The second-order valence-corrected chi connectivity index (χ2v) is 3.97. The van der Waals surface area contributed by atoms with Crippen LogP contribution in [-0.4, -0.2) is 4.92 Å². The summed E-state index contributed by atoms with van der Waals surface area (Å²) in [5.74, 6) is 0.466. The van der Waals surface area contributed by atoms with E-state index < -0.39 is 4.92 Å². The fraction of sp³-hybridized carbons (Fsp3) is 0.0667. The van der Waals surface area contributed by atoms with Gasteiger partial charge in [-0.25, -0.2) is 0 Å². The molecule has 4 heteroatoms. The molecular formula is C15H13NO3. The average molecular weight is 255 g/mol. The number of hydrogen-bond acceptors (Lipinski definition) is 3. The van der Waals surface area contributed by atoms with E-state index in [1.807, 2.05) is 30.3 Å². The van der Waals surface area contributed by atoms with Crippen molar-refractivity contribution >= 4 is 5.70 Å². The van der Waals surface area contributed by atoms with Crippen LogP contribution in [0.1, 0.15) is 11.1 Å². The first-order chi connectivity index (χ1) is 9.18. The van der Waals surface area contributed by atoms with E-state index >= 15 is 0 Å². The molecule has 0 N–H and O–H groups in total. The van der Waals surface area contributed by atoms with Gasteiger partial charge in [-0.05, 0) is 24.3 Å². The number of nitrogens with zero attached hydrogens (tertiary/aromatic N) is 1. The second-order valence-electron chi connectivity index (χ2n) is 3.97. The van der Waals surface area contributed by atoms with Gasteiger partial charge in [0.05, 0.1) is 10.5 Å². The van der Waals surface area contributed by atoms with Crippen LogP contribution in [-0.2, 0) is 6.61 Å². The molecule has 0 atom stereocenters. The van der Waals surface area contributed by atoms with Crippen LogP contribution in [0.5, 0.6) is 5.75 Å². The van der Waals surface area contributed by atoms with Crippen LogP contribution in [0.15, 0.2) is 61.2 Å². The van der Waals surface area contributed by atoms with Crippen LogP contribution in [0, 0.1) is 10.1 Å². The first-order valence-corrected chi connectivity index (χ1v) is 5.78. The molecule has 0 aliphatic heterocycles. The molecule has 0 saturated heterocycles. The molecular weight excluding hydrogens is 242 g/mol.